The SMILES string of the molecule is CNCc1nnnn1C1(C)CCOC1C. The van der Waals surface area contributed by atoms with Crippen molar-refractivity contribution in [2.45, 2.75) is 38.5 Å². The Hall–Kier alpha value is -1.01. The minimum atomic E-state index is -0.115. The molecule has 0 spiro atoms. The zero-order chi connectivity index (χ0) is 10.9. The minimum absolute atomic E-state index is 0.115. The molecule has 0 bridgehead atoms. The molecule has 1 aliphatic rings. The first-order valence-corrected chi connectivity index (χ1v) is 5.22. The maximum absolute atomic E-state index is 5.59. The van der Waals surface area contributed by atoms with Crippen LogP contribution in [-0.2, 0) is 16.8 Å². The normalized spacial score (nSPS) is 31.0. The van der Waals surface area contributed by atoms with Crippen LogP contribution < -0.4 is 5.32 Å². The highest BCUT2D eigenvalue weighted by Gasteiger charge is 2.41. The number of nitrogens with zero attached hydrogens (tertiary/aromatic N) is 4. The van der Waals surface area contributed by atoms with Crippen LogP contribution in [0.4, 0.5) is 0 Å². The number of rotatable bonds is 3. The third-order valence-electron chi connectivity index (χ3n) is 3.20. The van der Waals surface area contributed by atoms with Crippen LogP contribution in [0.3, 0.4) is 0 Å². The first kappa shape index (κ1) is 10.5. The Balaban J connectivity index is 2.31. The number of tetrazole rings is 1. The number of ether oxygens (including phenoxy) is 1. The van der Waals surface area contributed by atoms with Gasteiger partial charge in [0.15, 0.2) is 5.82 Å². The van der Waals surface area contributed by atoms with E-state index in [1.807, 2.05) is 11.7 Å². The van der Waals surface area contributed by atoms with E-state index in [-0.39, 0.29) is 11.6 Å². The molecule has 0 aromatic carbocycles. The van der Waals surface area contributed by atoms with E-state index in [1.54, 1.807) is 0 Å². The van der Waals surface area contributed by atoms with Gasteiger partial charge >= 0.3 is 0 Å². The summed E-state index contributed by atoms with van der Waals surface area (Å²) in [5, 5.41) is 14.9. The lowest BCUT2D eigenvalue weighted by Gasteiger charge is -2.28. The predicted molar refractivity (Wildman–Crippen MR) is 54.3 cm³/mol. The second-order valence-electron chi connectivity index (χ2n) is 4.16. The van der Waals surface area contributed by atoms with Crippen molar-refractivity contribution in [2.75, 3.05) is 13.7 Å². The van der Waals surface area contributed by atoms with Crippen LogP contribution in [0, 0.1) is 0 Å². The summed E-state index contributed by atoms with van der Waals surface area (Å²) in [6.45, 7) is 5.66. The summed E-state index contributed by atoms with van der Waals surface area (Å²) < 4.78 is 7.48. The predicted octanol–water partition coefficient (Wildman–Crippen LogP) is -0.0835. The summed E-state index contributed by atoms with van der Waals surface area (Å²) in [7, 11) is 1.88. The van der Waals surface area contributed by atoms with Crippen molar-refractivity contribution in [2.24, 2.45) is 0 Å². The molecule has 1 aliphatic heterocycles. The molecular weight excluding hydrogens is 194 g/mol. The Morgan fingerprint density at radius 2 is 2.47 bits per heavy atom. The van der Waals surface area contributed by atoms with E-state index in [4.69, 9.17) is 4.74 Å². The van der Waals surface area contributed by atoms with E-state index >= 15 is 0 Å². The fourth-order valence-electron chi connectivity index (χ4n) is 1.97. The van der Waals surface area contributed by atoms with Crippen molar-refractivity contribution >= 4 is 0 Å². The van der Waals surface area contributed by atoms with Crippen LogP contribution in [0.2, 0.25) is 0 Å². The van der Waals surface area contributed by atoms with E-state index in [9.17, 15) is 0 Å². The standard InChI is InChI=1S/C9H17N5O/c1-7-9(2,4-5-15-7)14-8(6-10-3)11-12-13-14/h7,10H,4-6H2,1-3H3. The second kappa shape index (κ2) is 3.86. The van der Waals surface area contributed by atoms with Crippen LogP contribution in [0.1, 0.15) is 26.1 Å². The average molecular weight is 211 g/mol. The summed E-state index contributed by atoms with van der Waals surface area (Å²) in [5.41, 5.74) is -0.115. The van der Waals surface area contributed by atoms with Gasteiger partial charge < -0.3 is 10.1 Å². The highest BCUT2D eigenvalue weighted by molar-refractivity contribution is 4.96. The van der Waals surface area contributed by atoms with Crippen LogP contribution in [-0.4, -0.2) is 40.0 Å². The molecule has 0 radical (unpaired) electrons. The topological polar surface area (TPSA) is 64.9 Å². The van der Waals surface area contributed by atoms with Gasteiger partial charge in [-0.2, -0.15) is 0 Å². The Morgan fingerprint density at radius 3 is 3.07 bits per heavy atom. The van der Waals surface area contributed by atoms with Crippen molar-refractivity contribution in [3.63, 3.8) is 0 Å². The molecule has 2 unspecified atom stereocenters. The molecule has 2 atom stereocenters. The second-order valence-corrected chi connectivity index (χ2v) is 4.16. The molecule has 0 saturated carbocycles. The van der Waals surface area contributed by atoms with Crippen LogP contribution in [0.15, 0.2) is 0 Å². The Bertz CT molecular complexity index is 339. The first-order chi connectivity index (χ1) is 7.18. The molecule has 6 heteroatoms. The molecule has 2 heterocycles. The monoisotopic (exact) mass is 211 g/mol. The summed E-state index contributed by atoms with van der Waals surface area (Å²) in [4.78, 5) is 0. The lowest BCUT2D eigenvalue weighted by atomic mass is 9.95. The van der Waals surface area contributed by atoms with Crippen molar-refractivity contribution < 1.29 is 4.74 Å². The lowest BCUT2D eigenvalue weighted by Crippen LogP contribution is -2.39. The van der Waals surface area contributed by atoms with Gasteiger partial charge in [0, 0.05) is 6.61 Å². The number of hydrogen-bond acceptors (Lipinski definition) is 5. The molecule has 1 N–H and O–H groups in total. The van der Waals surface area contributed by atoms with E-state index in [0.29, 0.717) is 6.54 Å². The number of nitrogens with one attached hydrogen (secondary N) is 1. The van der Waals surface area contributed by atoms with Gasteiger partial charge in [-0.3, -0.25) is 0 Å². The lowest BCUT2D eigenvalue weighted by molar-refractivity contribution is 0.0683. The average Bonchev–Trinajstić information content (AvgIpc) is 2.77. The molecule has 0 amide bonds. The van der Waals surface area contributed by atoms with Gasteiger partial charge in [0.1, 0.15) is 0 Å². The zero-order valence-corrected chi connectivity index (χ0v) is 9.40. The molecule has 1 saturated heterocycles. The molecule has 1 aromatic rings. The highest BCUT2D eigenvalue weighted by Crippen LogP contribution is 2.32. The van der Waals surface area contributed by atoms with Crippen molar-refractivity contribution in [1.82, 2.24) is 25.5 Å². The van der Waals surface area contributed by atoms with Gasteiger partial charge in [-0.25, -0.2) is 4.68 Å². The molecule has 84 valence electrons. The Morgan fingerprint density at radius 1 is 1.67 bits per heavy atom. The molecule has 15 heavy (non-hydrogen) atoms. The first-order valence-electron chi connectivity index (χ1n) is 5.22. The van der Waals surface area contributed by atoms with Gasteiger partial charge in [-0.1, -0.05) is 0 Å². The summed E-state index contributed by atoms with van der Waals surface area (Å²) in [6, 6.07) is 0. The maximum atomic E-state index is 5.59. The molecule has 1 aromatic heterocycles. The molecule has 0 aliphatic carbocycles. The Kier molecular flexibility index (Phi) is 2.70. The van der Waals surface area contributed by atoms with Crippen molar-refractivity contribution in [3.8, 4) is 0 Å². The van der Waals surface area contributed by atoms with Gasteiger partial charge in [-0.15, -0.1) is 5.10 Å². The fraction of sp³-hybridized carbons (Fsp3) is 0.889. The smallest absolute Gasteiger partial charge is 0.165 e. The van der Waals surface area contributed by atoms with Crippen molar-refractivity contribution in [1.29, 1.82) is 0 Å². The number of aromatic nitrogens is 4. The van der Waals surface area contributed by atoms with Gasteiger partial charge in [0.05, 0.1) is 18.2 Å². The van der Waals surface area contributed by atoms with Gasteiger partial charge in [-0.05, 0) is 37.7 Å². The number of hydrogen-bond donors (Lipinski definition) is 1. The largest absolute Gasteiger partial charge is 0.376 e. The molecular formula is C9H17N5O. The summed E-state index contributed by atoms with van der Waals surface area (Å²) in [6.07, 6.45) is 1.10. The van der Waals surface area contributed by atoms with E-state index < -0.39 is 0 Å². The summed E-state index contributed by atoms with van der Waals surface area (Å²) in [5.74, 6) is 0.859. The summed E-state index contributed by atoms with van der Waals surface area (Å²) >= 11 is 0. The molecule has 1 fully saturated rings. The third kappa shape index (κ3) is 1.63. The van der Waals surface area contributed by atoms with Crippen LogP contribution in [0.25, 0.3) is 0 Å². The van der Waals surface area contributed by atoms with Crippen LogP contribution in [0.5, 0.6) is 0 Å². The van der Waals surface area contributed by atoms with Gasteiger partial charge in [0.25, 0.3) is 0 Å². The quantitative estimate of drug-likeness (QED) is 0.757. The molecule has 2 rings (SSSR count). The Labute approximate surface area is 89.0 Å². The minimum Gasteiger partial charge on any atom is -0.376 e. The zero-order valence-electron chi connectivity index (χ0n) is 9.40. The highest BCUT2D eigenvalue weighted by atomic mass is 16.5. The van der Waals surface area contributed by atoms with Gasteiger partial charge in [0.2, 0.25) is 0 Å². The van der Waals surface area contributed by atoms with Crippen molar-refractivity contribution in [3.05, 3.63) is 5.82 Å². The molecule has 6 nitrogen and oxygen atoms in total. The fourth-order valence-corrected chi connectivity index (χ4v) is 1.97. The van der Waals surface area contributed by atoms with Crippen LogP contribution >= 0.6 is 0 Å². The van der Waals surface area contributed by atoms with E-state index in [1.165, 1.54) is 0 Å². The maximum Gasteiger partial charge on any atom is 0.165 e. The van der Waals surface area contributed by atoms with E-state index in [2.05, 4.69) is 34.7 Å². The van der Waals surface area contributed by atoms with E-state index in [0.717, 1.165) is 18.9 Å². The third-order valence-corrected chi connectivity index (χ3v) is 3.20.